The molecule has 0 saturated carbocycles. The number of nitrogens with one attached hydrogen (secondary N) is 1. The summed E-state index contributed by atoms with van der Waals surface area (Å²) in [5.41, 5.74) is 1.14. The van der Waals surface area contributed by atoms with Crippen LogP contribution in [0.15, 0.2) is 42.7 Å². The van der Waals surface area contributed by atoms with Gasteiger partial charge in [-0.05, 0) is 24.3 Å². The molecule has 0 aliphatic rings. The zero-order valence-corrected chi connectivity index (χ0v) is 9.71. The number of anilines is 1. The Hall–Kier alpha value is -2.43. The van der Waals surface area contributed by atoms with Gasteiger partial charge in [-0.2, -0.15) is 0 Å². The number of aromatic nitrogens is 2. The maximum atomic E-state index is 11.0. The van der Waals surface area contributed by atoms with Gasteiger partial charge in [0.2, 0.25) is 0 Å². The highest BCUT2D eigenvalue weighted by Gasteiger charge is 2.09. The van der Waals surface area contributed by atoms with E-state index in [1.807, 2.05) is 18.2 Å². The summed E-state index contributed by atoms with van der Waals surface area (Å²) in [6.45, 7) is 0.592. The summed E-state index contributed by atoms with van der Waals surface area (Å²) in [7, 11) is 0. The van der Waals surface area contributed by atoms with E-state index in [0.717, 1.165) is 12.1 Å². The molecular formula is C13H13N3O2. The van der Waals surface area contributed by atoms with Crippen molar-refractivity contribution >= 4 is 11.8 Å². The Morgan fingerprint density at radius 3 is 2.72 bits per heavy atom. The topological polar surface area (TPSA) is 75.1 Å². The fourth-order valence-corrected chi connectivity index (χ4v) is 1.57. The predicted octanol–water partition coefficient (Wildman–Crippen LogP) is 1.83. The highest BCUT2D eigenvalue weighted by molar-refractivity contribution is 5.92. The molecule has 0 bridgehead atoms. The van der Waals surface area contributed by atoms with E-state index in [1.54, 1.807) is 18.5 Å². The lowest BCUT2D eigenvalue weighted by Gasteiger charge is -2.07. The average molecular weight is 243 g/mol. The number of carbonyl (C=O) groups is 1. The third-order valence-corrected chi connectivity index (χ3v) is 2.44. The van der Waals surface area contributed by atoms with Crippen molar-refractivity contribution in [3.05, 3.63) is 54.0 Å². The minimum absolute atomic E-state index is 0.179. The van der Waals surface area contributed by atoms with E-state index >= 15 is 0 Å². The third-order valence-electron chi connectivity index (χ3n) is 2.44. The van der Waals surface area contributed by atoms with Gasteiger partial charge in [-0.3, -0.25) is 4.98 Å². The molecule has 0 atom stereocenters. The third kappa shape index (κ3) is 3.04. The van der Waals surface area contributed by atoms with Crippen molar-refractivity contribution in [3.63, 3.8) is 0 Å². The Morgan fingerprint density at radius 1 is 1.17 bits per heavy atom. The van der Waals surface area contributed by atoms with Crippen molar-refractivity contribution in [3.8, 4) is 0 Å². The lowest BCUT2D eigenvalue weighted by atomic mass is 10.2. The Bertz CT molecular complexity index is 529. The highest BCUT2D eigenvalue weighted by Crippen LogP contribution is 2.11. The van der Waals surface area contributed by atoms with Gasteiger partial charge in [0.05, 0.1) is 0 Å². The molecule has 92 valence electrons. The van der Waals surface area contributed by atoms with E-state index in [2.05, 4.69) is 15.3 Å². The standard InChI is InChI=1S/C13H13N3O2/c17-13(18)11-5-3-8-15-12(11)16-9-6-10-4-1-2-7-14-10/h1-5,7-8H,6,9H2,(H,15,16)(H,17,18). The van der Waals surface area contributed by atoms with Crippen molar-refractivity contribution in [1.29, 1.82) is 0 Å². The number of pyridine rings is 2. The zero-order valence-electron chi connectivity index (χ0n) is 9.71. The molecule has 0 radical (unpaired) electrons. The molecule has 5 heteroatoms. The fourth-order valence-electron chi connectivity index (χ4n) is 1.57. The minimum atomic E-state index is -0.983. The molecule has 0 aromatic carbocycles. The molecule has 2 aromatic heterocycles. The van der Waals surface area contributed by atoms with Crippen LogP contribution in [0.2, 0.25) is 0 Å². The summed E-state index contributed by atoms with van der Waals surface area (Å²) >= 11 is 0. The minimum Gasteiger partial charge on any atom is -0.478 e. The van der Waals surface area contributed by atoms with Crippen LogP contribution in [0.25, 0.3) is 0 Å². The number of hydrogen-bond acceptors (Lipinski definition) is 4. The first-order valence-electron chi connectivity index (χ1n) is 5.59. The van der Waals surface area contributed by atoms with Gasteiger partial charge >= 0.3 is 5.97 Å². The van der Waals surface area contributed by atoms with Crippen LogP contribution in [-0.4, -0.2) is 27.6 Å². The molecule has 0 amide bonds. The molecule has 0 fully saturated rings. The molecule has 0 spiro atoms. The van der Waals surface area contributed by atoms with E-state index in [0.29, 0.717) is 12.4 Å². The summed E-state index contributed by atoms with van der Waals surface area (Å²) in [6, 6.07) is 8.84. The van der Waals surface area contributed by atoms with Crippen LogP contribution < -0.4 is 5.32 Å². The molecular weight excluding hydrogens is 230 g/mol. The molecule has 0 aliphatic carbocycles. The van der Waals surface area contributed by atoms with Gasteiger partial charge in [0, 0.05) is 31.1 Å². The Kier molecular flexibility index (Phi) is 3.86. The van der Waals surface area contributed by atoms with Crippen molar-refractivity contribution < 1.29 is 9.90 Å². The van der Waals surface area contributed by atoms with Crippen LogP contribution in [0.1, 0.15) is 16.1 Å². The summed E-state index contributed by atoms with van der Waals surface area (Å²) in [6.07, 6.45) is 4.02. The van der Waals surface area contributed by atoms with Crippen LogP contribution in [0.3, 0.4) is 0 Å². The Balaban J connectivity index is 1.97. The van der Waals surface area contributed by atoms with Gasteiger partial charge in [-0.25, -0.2) is 9.78 Å². The number of carboxylic acids is 1. The molecule has 2 rings (SSSR count). The molecule has 2 N–H and O–H groups in total. The van der Waals surface area contributed by atoms with Gasteiger partial charge < -0.3 is 10.4 Å². The normalized spacial score (nSPS) is 10.0. The van der Waals surface area contributed by atoms with Crippen LogP contribution in [0.4, 0.5) is 5.82 Å². The number of nitrogens with zero attached hydrogens (tertiary/aromatic N) is 2. The second kappa shape index (κ2) is 5.77. The SMILES string of the molecule is O=C(O)c1cccnc1NCCc1ccccn1. The second-order valence-corrected chi connectivity index (χ2v) is 3.70. The molecule has 2 aromatic rings. The largest absolute Gasteiger partial charge is 0.478 e. The van der Waals surface area contributed by atoms with Crippen molar-refractivity contribution in [1.82, 2.24) is 9.97 Å². The van der Waals surface area contributed by atoms with E-state index in [4.69, 9.17) is 5.11 Å². The molecule has 2 heterocycles. The lowest BCUT2D eigenvalue weighted by molar-refractivity contribution is 0.0697. The summed E-state index contributed by atoms with van der Waals surface area (Å²) in [5, 5.41) is 12.0. The maximum Gasteiger partial charge on any atom is 0.339 e. The number of aromatic carboxylic acids is 1. The van der Waals surface area contributed by atoms with E-state index in [9.17, 15) is 4.79 Å². The van der Waals surface area contributed by atoms with Gasteiger partial charge in [0.25, 0.3) is 0 Å². The first kappa shape index (κ1) is 12.0. The lowest BCUT2D eigenvalue weighted by Crippen LogP contribution is -2.11. The fraction of sp³-hybridized carbons (Fsp3) is 0.154. The summed E-state index contributed by atoms with van der Waals surface area (Å²) < 4.78 is 0. The van der Waals surface area contributed by atoms with Gasteiger partial charge in [-0.15, -0.1) is 0 Å². The van der Waals surface area contributed by atoms with Crippen LogP contribution in [0.5, 0.6) is 0 Å². The van der Waals surface area contributed by atoms with Gasteiger partial charge in [0.1, 0.15) is 11.4 Å². The first-order chi connectivity index (χ1) is 8.77. The predicted molar refractivity (Wildman–Crippen MR) is 67.6 cm³/mol. The second-order valence-electron chi connectivity index (χ2n) is 3.70. The maximum absolute atomic E-state index is 11.0. The van der Waals surface area contributed by atoms with E-state index in [-0.39, 0.29) is 5.56 Å². The Morgan fingerprint density at radius 2 is 2.00 bits per heavy atom. The average Bonchev–Trinajstić information content (AvgIpc) is 2.40. The highest BCUT2D eigenvalue weighted by atomic mass is 16.4. The monoisotopic (exact) mass is 243 g/mol. The van der Waals surface area contributed by atoms with E-state index < -0.39 is 5.97 Å². The van der Waals surface area contributed by atoms with Crippen LogP contribution >= 0.6 is 0 Å². The number of hydrogen-bond donors (Lipinski definition) is 2. The van der Waals surface area contributed by atoms with E-state index in [1.165, 1.54) is 6.07 Å². The number of rotatable bonds is 5. The smallest absolute Gasteiger partial charge is 0.339 e. The zero-order chi connectivity index (χ0) is 12.8. The van der Waals surface area contributed by atoms with Crippen molar-refractivity contribution in [2.75, 3.05) is 11.9 Å². The molecule has 18 heavy (non-hydrogen) atoms. The van der Waals surface area contributed by atoms with Crippen molar-refractivity contribution in [2.24, 2.45) is 0 Å². The first-order valence-corrected chi connectivity index (χ1v) is 5.59. The van der Waals surface area contributed by atoms with Gasteiger partial charge in [-0.1, -0.05) is 6.07 Å². The summed E-state index contributed by atoms with van der Waals surface area (Å²) in [5.74, 6) is -0.593. The Labute approximate surface area is 105 Å². The number of carboxylic acid groups (broad SMARTS) is 1. The molecule has 0 unspecified atom stereocenters. The molecule has 0 saturated heterocycles. The van der Waals surface area contributed by atoms with Gasteiger partial charge in [0.15, 0.2) is 0 Å². The quantitative estimate of drug-likeness (QED) is 0.838. The molecule has 0 aliphatic heterocycles. The molecule has 5 nitrogen and oxygen atoms in total. The van der Waals surface area contributed by atoms with Crippen molar-refractivity contribution in [2.45, 2.75) is 6.42 Å². The van der Waals surface area contributed by atoms with Crippen LogP contribution in [0, 0.1) is 0 Å². The summed E-state index contributed by atoms with van der Waals surface area (Å²) in [4.78, 5) is 19.2. The van der Waals surface area contributed by atoms with Crippen LogP contribution in [-0.2, 0) is 6.42 Å².